The van der Waals surface area contributed by atoms with E-state index in [-0.39, 0.29) is 0 Å². The fourth-order valence-electron chi connectivity index (χ4n) is 3.62. The molecule has 0 radical (unpaired) electrons. The van der Waals surface area contributed by atoms with Crippen LogP contribution in [0.5, 0.6) is 0 Å². The average molecular weight is 426 g/mol. The van der Waals surface area contributed by atoms with Crippen LogP contribution in [0.25, 0.3) is 5.57 Å². The molecule has 0 saturated carbocycles. The lowest BCUT2D eigenvalue weighted by molar-refractivity contribution is 1.28. The highest BCUT2D eigenvalue weighted by Crippen LogP contribution is 2.33. The molecular weight excluding hydrogens is 398 g/mol. The molecule has 0 aromatic heterocycles. The molecule has 0 saturated heterocycles. The topological polar surface area (TPSA) is 3.24 Å². The van der Waals surface area contributed by atoms with Crippen LogP contribution in [-0.2, 0) is 0 Å². The third-order valence-electron chi connectivity index (χ3n) is 5.29. The molecule has 0 atom stereocenters. The number of rotatable bonds is 5. The maximum atomic E-state index is 4.10. The molecule has 0 bridgehead atoms. The van der Waals surface area contributed by atoms with Crippen molar-refractivity contribution in [3.63, 3.8) is 0 Å². The fraction of sp³-hybridized carbons (Fsp3) is 0. The molecule has 0 aliphatic rings. The molecule has 0 aliphatic carbocycles. The Hall–Kier alpha value is -4.36. The predicted molar refractivity (Wildman–Crippen MR) is 142 cm³/mol. The Kier molecular flexibility index (Phi) is 7.49. The molecule has 0 amide bonds. The Bertz CT molecular complexity index is 1100. The van der Waals surface area contributed by atoms with Crippen LogP contribution in [0, 0.1) is 0 Å². The minimum Gasteiger partial charge on any atom is -0.311 e. The second-order valence-electron chi connectivity index (χ2n) is 7.55. The lowest BCUT2D eigenvalue weighted by Gasteiger charge is -2.25. The van der Waals surface area contributed by atoms with E-state index in [0.717, 1.165) is 5.57 Å². The van der Waals surface area contributed by atoms with Crippen molar-refractivity contribution in [3.8, 4) is 0 Å². The van der Waals surface area contributed by atoms with Gasteiger partial charge < -0.3 is 4.90 Å². The van der Waals surface area contributed by atoms with E-state index >= 15 is 0 Å². The normalized spacial score (nSPS) is 9.94. The molecule has 0 spiro atoms. The first-order valence-corrected chi connectivity index (χ1v) is 11.1. The number of nitrogens with zero attached hydrogens (tertiary/aromatic N) is 1. The summed E-state index contributed by atoms with van der Waals surface area (Å²) in [5.41, 5.74) is 6.93. The lowest BCUT2D eigenvalue weighted by Crippen LogP contribution is -2.09. The summed E-state index contributed by atoms with van der Waals surface area (Å²) in [5, 5.41) is 0. The van der Waals surface area contributed by atoms with Crippen molar-refractivity contribution >= 4 is 22.6 Å². The Morgan fingerprint density at radius 3 is 0.879 bits per heavy atom. The summed E-state index contributed by atoms with van der Waals surface area (Å²) in [4.78, 5) is 2.25. The smallest absolute Gasteiger partial charge is 0.0461 e. The summed E-state index contributed by atoms with van der Waals surface area (Å²) in [6.45, 7) is 4.10. The molecule has 5 aromatic rings. The van der Waals surface area contributed by atoms with E-state index in [4.69, 9.17) is 0 Å². The molecule has 1 nitrogen and oxygen atoms in total. The molecule has 5 aromatic carbocycles. The van der Waals surface area contributed by atoms with Crippen LogP contribution in [0.4, 0.5) is 17.1 Å². The fourth-order valence-corrected chi connectivity index (χ4v) is 3.62. The zero-order valence-electron chi connectivity index (χ0n) is 18.6. The highest BCUT2D eigenvalue weighted by atomic mass is 15.1. The number of benzene rings is 5. The van der Waals surface area contributed by atoms with Gasteiger partial charge in [0.25, 0.3) is 0 Å². The monoisotopic (exact) mass is 425 g/mol. The number of hydrogen-bond donors (Lipinski definition) is 0. The third-order valence-corrected chi connectivity index (χ3v) is 5.29. The highest BCUT2D eigenvalue weighted by Gasteiger charge is 2.10. The van der Waals surface area contributed by atoms with Gasteiger partial charge >= 0.3 is 0 Å². The Morgan fingerprint density at radius 2 is 0.606 bits per heavy atom. The Morgan fingerprint density at radius 1 is 0.364 bits per heavy atom. The van der Waals surface area contributed by atoms with Crippen LogP contribution in [-0.4, -0.2) is 0 Å². The van der Waals surface area contributed by atoms with Crippen LogP contribution >= 0.6 is 0 Å². The first-order valence-electron chi connectivity index (χ1n) is 11.1. The van der Waals surface area contributed by atoms with Crippen LogP contribution in [0.3, 0.4) is 0 Å². The SMILES string of the molecule is C=C(c1ccccc1)c1ccccc1.c1ccc(N(c2ccccc2)c2ccccc2)cc1. The predicted octanol–water partition coefficient (Wildman–Crippen LogP) is 8.90. The minimum absolute atomic E-state index is 1.08. The molecule has 0 fully saturated rings. The summed E-state index contributed by atoms with van der Waals surface area (Å²) >= 11 is 0. The van der Waals surface area contributed by atoms with Gasteiger partial charge in [0.05, 0.1) is 0 Å². The molecule has 0 heterocycles. The van der Waals surface area contributed by atoms with Crippen LogP contribution in [0.15, 0.2) is 158 Å². The van der Waals surface area contributed by atoms with Crippen molar-refractivity contribution in [1.82, 2.24) is 0 Å². The van der Waals surface area contributed by atoms with Gasteiger partial charge in [-0.3, -0.25) is 0 Å². The van der Waals surface area contributed by atoms with Gasteiger partial charge in [-0.05, 0) is 53.1 Å². The lowest BCUT2D eigenvalue weighted by atomic mass is 10.0. The Balaban J connectivity index is 0.000000165. The minimum atomic E-state index is 1.08. The third kappa shape index (κ3) is 5.87. The van der Waals surface area contributed by atoms with Crippen molar-refractivity contribution < 1.29 is 0 Å². The molecule has 5 rings (SSSR count). The second-order valence-corrected chi connectivity index (χ2v) is 7.55. The van der Waals surface area contributed by atoms with Gasteiger partial charge in [0.15, 0.2) is 0 Å². The van der Waals surface area contributed by atoms with Gasteiger partial charge in [-0.1, -0.05) is 122 Å². The van der Waals surface area contributed by atoms with Crippen LogP contribution in [0.1, 0.15) is 11.1 Å². The zero-order chi connectivity index (χ0) is 22.7. The summed E-state index contributed by atoms with van der Waals surface area (Å²) < 4.78 is 0. The summed E-state index contributed by atoms with van der Waals surface area (Å²) in [6.07, 6.45) is 0. The van der Waals surface area contributed by atoms with Crippen molar-refractivity contribution in [2.75, 3.05) is 4.90 Å². The molecule has 0 N–H and O–H groups in total. The maximum Gasteiger partial charge on any atom is 0.0461 e. The van der Waals surface area contributed by atoms with Crippen molar-refractivity contribution in [2.24, 2.45) is 0 Å². The van der Waals surface area contributed by atoms with Gasteiger partial charge in [0.1, 0.15) is 0 Å². The first-order chi connectivity index (χ1) is 16.3. The molecule has 0 aliphatic heterocycles. The van der Waals surface area contributed by atoms with Gasteiger partial charge in [-0.2, -0.15) is 0 Å². The van der Waals surface area contributed by atoms with Crippen molar-refractivity contribution in [2.45, 2.75) is 0 Å². The van der Waals surface area contributed by atoms with Gasteiger partial charge in [-0.25, -0.2) is 0 Å². The van der Waals surface area contributed by atoms with Crippen LogP contribution < -0.4 is 4.90 Å². The van der Waals surface area contributed by atoms with Gasteiger partial charge in [0, 0.05) is 17.1 Å². The Labute approximate surface area is 196 Å². The zero-order valence-corrected chi connectivity index (χ0v) is 18.6. The highest BCUT2D eigenvalue weighted by molar-refractivity contribution is 5.78. The quantitative estimate of drug-likeness (QED) is 0.272. The van der Waals surface area contributed by atoms with Crippen LogP contribution in [0.2, 0.25) is 0 Å². The molecular formula is C32H27N. The van der Waals surface area contributed by atoms with E-state index in [2.05, 4.69) is 109 Å². The van der Waals surface area contributed by atoms with Crippen molar-refractivity contribution in [3.05, 3.63) is 169 Å². The van der Waals surface area contributed by atoms with Crippen molar-refractivity contribution in [1.29, 1.82) is 0 Å². The van der Waals surface area contributed by atoms with E-state index in [1.54, 1.807) is 0 Å². The average Bonchev–Trinajstić information content (AvgIpc) is 2.92. The van der Waals surface area contributed by atoms with E-state index in [0.29, 0.717) is 0 Å². The number of para-hydroxylation sites is 3. The second kappa shape index (κ2) is 11.3. The summed E-state index contributed by atoms with van der Waals surface area (Å²) in [7, 11) is 0. The van der Waals surface area contributed by atoms with Gasteiger partial charge in [-0.15, -0.1) is 0 Å². The van der Waals surface area contributed by atoms with E-state index < -0.39 is 0 Å². The number of hydrogen-bond acceptors (Lipinski definition) is 1. The molecule has 1 heteroatoms. The van der Waals surface area contributed by atoms with Gasteiger partial charge in [0.2, 0.25) is 0 Å². The standard InChI is InChI=1S/C18H15N.C14H12/c1-4-10-16(11-5-1)19(17-12-6-2-7-13-17)18-14-8-3-9-15-18;1-12(13-8-4-2-5-9-13)14-10-6-3-7-11-14/h1-15H;2-11H,1H2. The molecule has 160 valence electrons. The summed E-state index contributed by atoms with van der Waals surface area (Å²) in [5.74, 6) is 0. The largest absolute Gasteiger partial charge is 0.311 e. The number of anilines is 3. The van der Waals surface area contributed by atoms with E-state index in [1.165, 1.54) is 28.2 Å². The molecule has 33 heavy (non-hydrogen) atoms. The van der Waals surface area contributed by atoms with E-state index in [9.17, 15) is 0 Å². The van der Waals surface area contributed by atoms with E-state index in [1.807, 2.05) is 54.6 Å². The molecule has 0 unspecified atom stereocenters. The maximum absolute atomic E-state index is 4.10. The first kappa shape index (κ1) is 21.9. The summed E-state index contributed by atoms with van der Waals surface area (Å²) in [6, 6.07) is 51.7.